The number of rotatable bonds is 5. The summed E-state index contributed by atoms with van der Waals surface area (Å²) in [5.41, 5.74) is 2.01. The lowest BCUT2D eigenvalue weighted by Crippen LogP contribution is -2.52. The van der Waals surface area contributed by atoms with E-state index in [0.717, 1.165) is 63.2 Å². The molecule has 0 bridgehead atoms. The summed E-state index contributed by atoms with van der Waals surface area (Å²) in [4.78, 5) is 4.91. The molecule has 1 aliphatic carbocycles. The molecule has 0 amide bonds. The minimum Gasteiger partial charge on any atom is -0.388 e. The standard InChI is InChI=1S/C22H30FN3O2/c1-3-5-18(26-12-10-25(2)11-13-26)17-8-9-19-20(22(17)27)21(24-28-19)15-6-4-7-16(23)14-15/h4,6-7,14,17-18,22,27H,3,5,8-13H2,1-2H3. The van der Waals surface area contributed by atoms with Crippen LogP contribution < -0.4 is 0 Å². The molecule has 1 aliphatic heterocycles. The number of piperazine rings is 1. The van der Waals surface area contributed by atoms with Gasteiger partial charge < -0.3 is 14.5 Å². The van der Waals surface area contributed by atoms with Gasteiger partial charge in [0.15, 0.2) is 0 Å². The number of benzene rings is 1. The first-order valence-corrected chi connectivity index (χ1v) is 10.4. The number of aromatic nitrogens is 1. The van der Waals surface area contributed by atoms with Crippen molar-refractivity contribution in [1.82, 2.24) is 15.0 Å². The van der Waals surface area contributed by atoms with E-state index < -0.39 is 6.10 Å². The van der Waals surface area contributed by atoms with Crippen molar-refractivity contribution in [2.75, 3.05) is 33.2 Å². The van der Waals surface area contributed by atoms with Gasteiger partial charge in [0, 0.05) is 50.1 Å². The van der Waals surface area contributed by atoms with Crippen molar-refractivity contribution in [3.8, 4) is 11.3 Å². The lowest BCUT2D eigenvalue weighted by molar-refractivity contribution is 0.00153. The van der Waals surface area contributed by atoms with Crippen LogP contribution in [0.1, 0.15) is 43.6 Å². The topological polar surface area (TPSA) is 52.7 Å². The lowest BCUT2D eigenvalue weighted by Gasteiger charge is -2.44. The molecule has 5 nitrogen and oxygen atoms in total. The van der Waals surface area contributed by atoms with Crippen LogP contribution in [0.5, 0.6) is 0 Å². The van der Waals surface area contributed by atoms with Gasteiger partial charge in [-0.3, -0.25) is 4.90 Å². The molecule has 1 aromatic heterocycles. The number of hydrogen-bond donors (Lipinski definition) is 1. The number of hydrogen-bond acceptors (Lipinski definition) is 5. The average molecular weight is 387 g/mol. The Kier molecular flexibility index (Phi) is 5.80. The van der Waals surface area contributed by atoms with Gasteiger partial charge in [-0.15, -0.1) is 0 Å². The van der Waals surface area contributed by atoms with Gasteiger partial charge in [0.2, 0.25) is 0 Å². The van der Waals surface area contributed by atoms with Gasteiger partial charge in [-0.25, -0.2) is 4.39 Å². The van der Waals surface area contributed by atoms with E-state index in [0.29, 0.717) is 17.3 Å². The Labute approximate surface area is 166 Å². The molecule has 4 rings (SSSR count). The highest BCUT2D eigenvalue weighted by atomic mass is 19.1. The zero-order valence-electron chi connectivity index (χ0n) is 16.8. The Morgan fingerprint density at radius 1 is 1.29 bits per heavy atom. The molecule has 0 saturated carbocycles. The predicted molar refractivity (Wildman–Crippen MR) is 106 cm³/mol. The van der Waals surface area contributed by atoms with E-state index in [1.807, 2.05) is 6.07 Å². The minimum absolute atomic E-state index is 0.141. The Morgan fingerprint density at radius 2 is 2.07 bits per heavy atom. The van der Waals surface area contributed by atoms with Crippen LogP contribution in [0.15, 0.2) is 28.8 Å². The van der Waals surface area contributed by atoms with Crippen molar-refractivity contribution in [2.45, 2.75) is 44.8 Å². The molecular weight excluding hydrogens is 357 g/mol. The maximum absolute atomic E-state index is 13.7. The summed E-state index contributed by atoms with van der Waals surface area (Å²) in [6.45, 7) is 6.42. The predicted octanol–water partition coefficient (Wildman–Crippen LogP) is 3.49. The van der Waals surface area contributed by atoms with E-state index in [9.17, 15) is 9.50 Å². The van der Waals surface area contributed by atoms with Crippen LogP contribution in [0, 0.1) is 11.7 Å². The second-order valence-electron chi connectivity index (χ2n) is 8.22. The highest BCUT2D eigenvalue weighted by molar-refractivity contribution is 5.64. The van der Waals surface area contributed by atoms with E-state index in [2.05, 4.69) is 28.9 Å². The normalized spacial score (nSPS) is 24.9. The van der Waals surface area contributed by atoms with Crippen molar-refractivity contribution >= 4 is 0 Å². The molecule has 2 aliphatic rings. The first-order chi connectivity index (χ1) is 13.6. The average Bonchev–Trinajstić information content (AvgIpc) is 3.13. The Balaban J connectivity index is 1.63. The fraction of sp³-hybridized carbons (Fsp3) is 0.591. The van der Waals surface area contributed by atoms with E-state index >= 15 is 0 Å². The van der Waals surface area contributed by atoms with Crippen LogP contribution in [0.2, 0.25) is 0 Å². The van der Waals surface area contributed by atoms with Gasteiger partial charge >= 0.3 is 0 Å². The number of aliphatic hydroxyl groups excluding tert-OH is 1. The number of aryl methyl sites for hydroxylation is 1. The summed E-state index contributed by atoms with van der Waals surface area (Å²) in [6, 6.07) is 6.71. The van der Waals surface area contributed by atoms with Gasteiger partial charge in [-0.2, -0.15) is 0 Å². The fourth-order valence-corrected chi connectivity index (χ4v) is 4.85. The van der Waals surface area contributed by atoms with Crippen molar-refractivity contribution in [3.63, 3.8) is 0 Å². The molecule has 0 radical (unpaired) electrons. The SMILES string of the molecule is CCCC(C1CCc2onc(-c3cccc(F)c3)c2C1O)N1CCN(C)CC1. The summed E-state index contributed by atoms with van der Waals surface area (Å²) >= 11 is 0. The van der Waals surface area contributed by atoms with Crippen molar-refractivity contribution < 1.29 is 14.0 Å². The monoisotopic (exact) mass is 387 g/mol. The molecular formula is C22H30FN3O2. The second kappa shape index (κ2) is 8.31. The minimum atomic E-state index is -0.635. The third kappa shape index (κ3) is 3.73. The highest BCUT2D eigenvalue weighted by Gasteiger charge is 2.40. The Morgan fingerprint density at radius 3 is 2.79 bits per heavy atom. The van der Waals surface area contributed by atoms with Crippen molar-refractivity contribution in [1.29, 1.82) is 0 Å². The molecule has 6 heteroatoms. The molecule has 1 fully saturated rings. The molecule has 0 spiro atoms. The summed E-state index contributed by atoms with van der Waals surface area (Å²) in [7, 11) is 2.16. The van der Waals surface area contributed by atoms with Gasteiger partial charge in [-0.1, -0.05) is 30.6 Å². The molecule has 28 heavy (non-hydrogen) atoms. The molecule has 2 aromatic rings. The second-order valence-corrected chi connectivity index (χ2v) is 8.22. The summed E-state index contributed by atoms with van der Waals surface area (Å²) < 4.78 is 19.3. The number of fused-ring (bicyclic) bond motifs is 1. The van der Waals surface area contributed by atoms with Crippen LogP contribution >= 0.6 is 0 Å². The summed E-state index contributed by atoms with van der Waals surface area (Å²) in [6.07, 6.45) is 3.19. The molecule has 2 heterocycles. The van der Waals surface area contributed by atoms with Crippen LogP contribution in [-0.2, 0) is 6.42 Å². The van der Waals surface area contributed by atoms with E-state index in [-0.39, 0.29) is 11.7 Å². The lowest BCUT2D eigenvalue weighted by atomic mass is 9.77. The quantitative estimate of drug-likeness (QED) is 0.851. The summed E-state index contributed by atoms with van der Waals surface area (Å²) in [5.74, 6) is 0.580. The first-order valence-electron chi connectivity index (χ1n) is 10.4. The maximum Gasteiger partial charge on any atom is 0.143 e. The first kappa shape index (κ1) is 19.6. The number of aliphatic hydroxyl groups is 1. The highest BCUT2D eigenvalue weighted by Crippen LogP contribution is 2.43. The zero-order valence-corrected chi connectivity index (χ0v) is 16.8. The molecule has 1 N–H and O–H groups in total. The number of nitrogens with zero attached hydrogens (tertiary/aromatic N) is 3. The molecule has 3 atom stereocenters. The van der Waals surface area contributed by atoms with Crippen molar-refractivity contribution in [2.24, 2.45) is 5.92 Å². The largest absolute Gasteiger partial charge is 0.388 e. The smallest absolute Gasteiger partial charge is 0.143 e. The van der Waals surface area contributed by atoms with E-state index in [1.165, 1.54) is 12.1 Å². The Hall–Kier alpha value is -1.76. The maximum atomic E-state index is 13.7. The molecule has 1 aromatic carbocycles. The summed E-state index contributed by atoms with van der Waals surface area (Å²) in [5, 5.41) is 15.6. The van der Waals surface area contributed by atoms with Crippen LogP contribution in [0.3, 0.4) is 0 Å². The van der Waals surface area contributed by atoms with Crippen LogP contribution in [-0.4, -0.2) is 59.3 Å². The molecule has 3 unspecified atom stereocenters. The van der Waals surface area contributed by atoms with Crippen LogP contribution in [0.25, 0.3) is 11.3 Å². The number of halogens is 1. The third-order valence-corrected chi connectivity index (χ3v) is 6.39. The Bertz CT molecular complexity index is 801. The van der Waals surface area contributed by atoms with E-state index in [4.69, 9.17) is 4.52 Å². The third-order valence-electron chi connectivity index (χ3n) is 6.39. The number of likely N-dealkylation sites (N-methyl/N-ethyl adjacent to an activating group) is 1. The van der Waals surface area contributed by atoms with Crippen LogP contribution in [0.4, 0.5) is 4.39 Å². The van der Waals surface area contributed by atoms with Crippen molar-refractivity contribution in [3.05, 3.63) is 41.4 Å². The zero-order chi connectivity index (χ0) is 19.7. The van der Waals surface area contributed by atoms with Gasteiger partial charge in [-0.05, 0) is 32.0 Å². The fourth-order valence-electron chi connectivity index (χ4n) is 4.85. The van der Waals surface area contributed by atoms with Gasteiger partial charge in [0.05, 0.1) is 11.7 Å². The molecule has 1 saturated heterocycles. The van der Waals surface area contributed by atoms with Gasteiger partial charge in [0.25, 0.3) is 0 Å². The van der Waals surface area contributed by atoms with E-state index in [1.54, 1.807) is 6.07 Å². The molecule has 152 valence electrons. The van der Waals surface area contributed by atoms with Gasteiger partial charge in [0.1, 0.15) is 17.3 Å².